The lowest BCUT2D eigenvalue weighted by Crippen LogP contribution is -2.30. The first kappa shape index (κ1) is 9.27. The summed E-state index contributed by atoms with van der Waals surface area (Å²) in [5.41, 5.74) is 1.78. The maximum atomic E-state index is 11.1. The quantitative estimate of drug-likeness (QED) is 0.631. The molecule has 1 aromatic heterocycles. The molecule has 1 aliphatic heterocycles. The Balaban J connectivity index is 2.48. The van der Waals surface area contributed by atoms with Gasteiger partial charge in [0, 0.05) is 18.8 Å². The number of rotatable bonds is 0. The molecule has 1 atom stereocenters. The Labute approximate surface area is 82.2 Å². The smallest absolute Gasteiger partial charge is 0.248 e. The molecule has 2 N–H and O–H groups in total. The van der Waals surface area contributed by atoms with Crippen LogP contribution in [0.25, 0.3) is 0 Å². The first-order valence-electron chi connectivity index (χ1n) is 4.81. The highest BCUT2D eigenvalue weighted by molar-refractivity contribution is 5.50. The lowest BCUT2D eigenvalue weighted by Gasteiger charge is -2.24. The number of anilines is 1. The minimum atomic E-state index is -0.442. The van der Waals surface area contributed by atoms with Gasteiger partial charge in [-0.25, -0.2) is 0 Å². The average molecular weight is 194 g/mol. The minimum Gasteiger partial charge on any atom is -0.374 e. The van der Waals surface area contributed by atoms with Gasteiger partial charge in [-0.1, -0.05) is 0 Å². The molecule has 1 aliphatic rings. The van der Waals surface area contributed by atoms with Gasteiger partial charge < -0.3 is 15.0 Å². The van der Waals surface area contributed by atoms with E-state index in [1.54, 1.807) is 11.0 Å². The molecule has 4 nitrogen and oxygen atoms in total. The predicted molar refractivity (Wildman–Crippen MR) is 54.4 cm³/mol. The topological polar surface area (TPSA) is 56.3 Å². The summed E-state index contributed by atoms with van der Waals surface area (Å²) in [6.45, 7) is 0. The number of fused-ring (bicyclic) bond motifs is 1. The molecular weight excluding hydrogens is 180 g/mol. The van der Waals surface area contributed by atoms with E-state index >= 15 is 0 Å². The summed E-state index contributed by atoms with van der Waals surface area (Å²) in [7, 11) is 1.84. The van der Waals surface area contributed by atoms with E-state index in [-0.39, 0.29) is 5.56 Å². The van der Waals surface area contributed by atoms with Crippen LogP contribution in [0.2, 0.25) is 0 Å². The third-order valence-electron chi connectivity index (χ3n) is 2.69. The number of aliphatic hydroxyl groups is 1. The van der Waals surface area contributed by atoms with Gasteiger partial charge in [-0.3, -0.25) is 4.79 Å². The summed E-state index contributed by atoms with van der Waals surface area (Å²) in [5.74, 6) is 0. The van der Waals surface area contributed by atoms with E-state index in [1.165, 1.54) is 6.07 Å². The Morgan fingerprint density at radius 2 is 2.36 bits per heavy atom. The summed E-state index contributed by atoms with van der Waals surface area (Å²) < 4.78 is 0. The molecule has 0 saturated heterocycles. The molecule has 0 bridgehead atoms. The van der Waals surface area contributed by atoms with Crippen molar-refractivity contribution in [2.24, 2.45) is 0 Å². The van der Waals surface area contributed by atoms with Gasteiger partial charge in [0.25, 0.3) is 0 Å². The first-order valence-corrected chi connectivity index (χ1v) is 4.81. The van der Waals surface area contributed by atoms with Crippen molar-refractivity contribution in [3.05, 3.63) is 28.2 Å². The Bertz CT molecular complexity index is 386. The van der Waals surface area contributed by atoms with Crippen molar-refractivity contribution >= 4 is 5.69 Å². The molecular formula is C10H14N2O2. The fraction of sp³-hybridized carbons (Fsp3) is 0.500. The number of pyridine rings is 1. The fourth-order valence-electron chi connectivity index (χ4n) is 1.85. The molecule has 1 unspecified atom stereocenters. The standard InChI is InChI=1S/C10H14N2O2/c1-12-8-5-6-9(13)11-7(8)3-2-4-10(12)14/h5-6,10,14H,2-4H2,1H3,(H,11,13). The molecule has 14 heavy (non-hydrogen) atoms. The van der Waals surface area contributed by atoms with Crippen LogP contribution in [0, 0.1) is 0 Å². The van der Waals surface area contributed by atoms with Crippen LogP contribution in [0.4, 0.5) is 5.69 Å². The number of hydrogen-bond acceptors (Lipinski definition) is 3. The van der Waals surface area contributed by atoms with Crippen LogP contribution in [0.5, 0.6) is 0 Å². The largest absolute Gasteiger partial charge is 0.374 e. The van der Waals surface area contributed by atoms with Gasteiger partial charge in [-0.05, 0) is 25.3 Å². The molecule has 0 aliphatic carbocycles. The SMILES string of the molecule is CN1c2ccc(=O)[nH]c2CCCC1O. The van der Waals surface area contributed by atoms with Crippen molar-refractivity contribution in [2.75, 3.05) is 11.9 Å². The van der Waals surface area contributed by atoms with Gasteiger partial charge in [-0.15, -0.1) is 0 Å². The van der Waals surface area contributed by atoms with Gasteiger partial charge in [0.1, 0.15) is 6.23 Å². The van der Waals surface area contributed by atoms with Crippen LogP contribution in [0.1, 0.15) is 18.5 Å². The third-order valence-corrected chi connectivity index (χ3v) is 2.69. The molecule has 0 fully saturated rings. The number of hydrogen-bond donors (Lipinski definition) is 2. The predicted octanol–water partition coefficient (Wildman–Crippen LogP) is 0.466. The van der Waals surface area contributed by atoms with Gasteiger partial charge in [0.15, 0.2) is 0 Å². The number of aliphatic hydroxyl groups excluding tert-OH is 1. The number of aromatic amines is 1. The lowest BCUT2D eigenvalue weighted by molar-refractivity contribution is 0.165. The zero-order valence-corrected chi connectivity index (χ0v) is 8.16. The monoisotopic (exact) mass is 194 g/mol. The second-order valence-electron chi connectivity index (χ2n) is 3.67. The number of aryl methyl sites for hydroxylation is 1. The summed E-state index contributed by atoms with van der Waals surface area (Å²) in [5, 5.41) is 9.71. The average Bonchev–Trinajstić information content (AvgIpc) is 2.28. The van der Waals surface area contributed by atoms with Crippen LogP contribution in [-0.2, 0) is 6.42 Å². The lowest BCUT2D eigenvalue weighted by atomic mass is 10.2. The van der Waals surface area contributed by atoms with E-state index in [4.69, 9.17) is 0 Å². The van der Waals surface area contributed by atoms with E-state index < -0.39 is 6.23 Å². The van der Waals surface area contributed by atoms with Crippen molar-refractivity contribution in [2.45, 2.75) is 25.5 Å². The van der Waals surface area contributed by atoms with E-state index in [0.717, 1.165) is 30.6 Å². The normalized spacial score (nSPS) is 21.6. The van der Waals surface area contributed by atoms with Gasteiger partial charge >= 0.3 is 0 Å². The van der Waals surface area contributed by atoms with E-state index in [9.17, 15) is 9.90 Å². The number of nitrogens with one attached hydrogen (secondary N) is 1. The second kappa shape index (κ2) is 3.46. The van der Waals surface area contributed by atoms with Crippen molar-refractivity contribution in [1.29, 1.82) is 0 Å². The van der Waals surface area contributed by atoms with Crippen LogP contribution in [-0.4, -0.2) is 23.4 Å². The summed E-state index contributed by atoms with van der Waals surface area (Å²) >= 11 is 0. The molecule has 1 aromatic rings. The summed E-state index contributed by atoms with van der Waals surface area (Å²) in [6, 6.07) is 3.26. The van der Waals surface area contributed by atoms with Crippen LogP contribution in [0.3, 0.4) is 0 Å². The zero-order chi connectivity index (χ0) is 10.1. The Hall–Kier alpha value is -1.29. The van der Waals surface area contributed by atoms with Crippen molar-refractivity contribution in [3.63, 3.8) is 0 Å². The Morgan fingerprint density at radius 1 is 1.57 bits per heavy atom. The molecule has 2 heterocycles. The molecule has 0 amide bonds. The van der Waals surface area contributed by atoms with Crippen LogP contribution in [0.15, 0.2) is 16.9 Å². The highest BCUT2D eigenvalue weighted by Crippen LogP contribution is 2.24. The molecule has 0 spiro atoms. The Morgan fingerprint density at radius 3 is 3.14 bits per heavy atom. The van der Waals surface area contributed by atoms with Crippen LogP contribution < -0.4 is 10.5 Å². The maximum Gasteiger partial charge on any atom is 0.248 e. The molecule has 0 aromatic carbocycles. The number of nitrogens with zero attached hydrogens (tertiary/aromatic N) is 1. The highest BCUT2D eigenvalue weighted by Gasteiger charge is 2.19. The van der Waals surface area contributed by atoms with E-state index in [2.05, 4.69) is 4.98 Å². The van der Waals surface area contributed by atoms with Crippen molar-refractivity contribution in [3.8, 4) is 0 Å². The van der Waals surface area contributed by atoms with E-state index in [1.807, 2.05) is 7.05 Å². The molecule has 0 saturated carbocycles. The zero-order valence-electron chi connectivity index (χ0n) is 8.16. The molecule has 0 radical (unpaired) electrons. The third kappa shape index (κ3) is 1.53. The molecule has 76 valence electrons. The second-order valence-corrected chi connectivity index (χ2v) is 3.67. The maximum absolute atomic E-state index is 11.1. The highest BCUT2D eigenvalue weighted by atomic mass is 16.3. The van der Waals surface area contributed by atoms with Crippen molar-refractivity contribution < 1.29 is 5.11 Å². The Kier molecular flexibility index (Phi) is 2.29. The van der Waals surface area contributed by atoms with Crippen LogP contribution >= 0.6 is 0 Å². The molecule has 2 rings (SSSR count). The molecule has 4 heteroatoms. The van der Waals surface area contributed by atoms with Gasteiger partial charge in [0.2, 0.25) is 5.56 Å². The van der Waals surface area contributed by atoms with E-state index in [0.29, 0.717) is 0 Å². The first-order chi connectivity index (χ1) is 6.68. The van der Waals surface area contributed by atoms with Gasteiger partial charge in [-0.2, -0.15) is 0 Å². The summed E-state index contributed by atoms with van der Waals surface area (Å²) in [4.78, 5) is 15.7. The summed E-state index contributed by atoms with van der Waals surface area (Å²) in [6.07, 6.45) is 2.03. The minimum absolute atomic E-state index is 0.0754. The number of H-pyrrole nitrogens is 1. The van der Waals surface area contributed by atoms with Gasteiger partial charge in [0.05, 0.1) is 5.69 Å². The van der Waals surface area contributed by atoms with Crippen molar-refractivity contribution in [1.82, 2.24) is 4.98 Å². The number of aromatic nitrogens is 1. The fourth-order valence-corrected chi connectivity index (χ4v) is 1.85.